The third kappa shape index (κ3) is 9.49. The second-order valence-corrected chi connectivity index (χ2v) is 13.5. The van der Waals surface area contributed by atoms with E-state index in [1.807, 2.05) is 38.1 Å². The molecule has 0 unspecified atom stereocenters. The van der Waals surface area contributed by atoms with E-state index in [-0.39, 0.29) is 35.4 Å². The van der Waals surface area contributed by atoms with Crippen molar-refractivity contribution in [2.24, 2.45) is 17.8 Å². The fourth-order valence-corrected chi connectivity index (χ4v) is 7.13. The molecule has 0 spiro atoms. The summed E-state index contributed by atoms with van der Waals surface area (Å²) in [5.41, 5.74) is 0.769. The minimum atomic E-state index is -3.91. The van der Waals surface area contributed by atoms with Crippen molar-refractivity contribution in [3.05, 3.63) is 72.6 Å². The quantitative estimate of drug-likeness (QED) is 0.386. The van der Waals surface area contributed by atoms with Crippen LogP contribution in [-0.2, 0) is 25.8 Å². The molecule has 3 atom stereocenters. The largest absolute Gasteiger partial charge is 0.494 e. The van der Waals surface area contributed by atoms with Crippen LogP contribution >= 0.6 is 11.8 Å². The fraction of sp³-hybridized carbons (Fsp3) is 0.467. The average molecular weight is 576 g/mol. The first kappa shape index (κ1) is 30.9. The predicted octanol–water partition coefficient (Wildman–Crippen LogP) is 5.27. The van der Waals surface area contributed by atoms with Crippen molar-refractivity contribution in [1.29, 1.82) is 0 Å². The van der Waals surface area contributed by atoms with Crippen molar-refractivity contribution in [3.8, 4) is 5.75 Å². The van der Waals surface area contributed by atoms with Gasteiger partial charge >= 0.3 is 0 Å². The van der Waals surface area contributed by atoms with Crippen LogP contribution < -0.4 is 10.1 Å². The Labute approximate surface area is 235 Å². The van der Waals surface area contributed by atoms with Crippen molar-refractivity contribution < 1.29 is 27.1 Å². The van der Waals surface area contributed by atoms with Gasteiger partial charge in [0.15, 0.2) is 15.6 Å². The number of hydrogen-bond acceptors (Lipinski definition) is 6. The van der Waals surface area contributed by atoms with Gasteiger partial charge in [-0.15, -0.1) is 6.58 Å². The number of carbonyl (C=O) groups excluding carboxylic acids is 2. The number of nitrogens with one attached hydrogen (secondary N) is 1. The van der Waals surface area contributed by atoms with Gasteiger partial charge in [0.1, 0.15) is 11.6 Å². The molecule has 212 valence electrons. The highest BCUT2D eigenvalue weighted by atomic mass is 32.2. The van der Waals surface area contributed by atoms with Crippen molar-refractivity contribution >= 4 is 33.3 Å². The Hall–Kier alpha value is -2.65. The van der Waals surface area contributed by atoms with Crippen molar-refractivity contribution in [2.45, 2.75) is 50.5 Å². The second-order valence-electron chi connectivity index (χ2n) is 10.3. The minimum absolute atomic E-state index is 0.0241. The van der Waals surface area contributed by atoms with Gasteiger partial charge in [0.05, 0.1) is 29.2 Å². The van der Waals surface area contributed by atoms with Gasteiger partial charge in [-0.1, -0.05) is 32.1 Å². The highest BCUT2D eigenvalue weighted by molar-refractivity contribution is 7.99. The molecule has 2 bridgehead atoms. The van der Waals surface area contributed by atoms with E-state index in [1.165, 1.54) is 12.1 Å². The van der Waals surface area contributed by atoms with E-state index in [2.05, 4.69) is 11.9 Å². The number of halogens is 1. The molecule has 2 aromatic carbocycles. The Balaban J connectivity index is 1.91. The fourth-order valence-electron chi connectivity index (χ4n) is 4.45. The van der Waals surface area contributed by atoms with Gasteiger partial charge in [-0.05, 0) is 84.6 Å². The first-order valence-corrected chi connectivity index (χ1v) is 16.1. The minimum Gasteiger partial charge on any atom is -0.494 e. The standard InChI is InChI=1S/C30H38FNO5S2/c1-4-22-18-28(33)29(21(2)3)32-30(34)24(20-39(35,36)27-13-9-25(31)10-14-27)17-23-7-11-26(12-8-23)37-15-5-6-16-38-19-22/h4,7-14,21-22,24,29H,1,5-6,15-20H2,2-3H3,(H,32,34)/t22-,24+,29-/m0/s1. The maximum atomic E-state index is 13.6. The number of amides is 1. The Morgan fingerprint density at radius 2 is 1.77 bits per heavy atom. The van der Waals surface area contributed by atoms with Gasteiger partial charge in [-0.2, -0.15) is 11.8 Å². The Kier molecular flexibility index (Phi) is 11.6. The van der Waals surface area contributed by atoms with Crippen LogP contribution in [0, 0.1) is 23.6 Å². The smallest absolute Gasteiger partial charge is 0.225 e. The van der Waals surface area contributed by atoms with Crippen molar-refractivity contribution in [3.63, 3.8) is 0 Å². The summed E-state index contributed by atoms with van der Waals surface area (Å²) in [6.45, 7) is 8.20. The number of fused-ring (bicyclic) bond motifs is 16. The van der Waals surface area contributed by atoms with E-state index >= 15 is 0 Å². The van der Waals surface area contributed by atoms with Crippen LogP contribution in [0.1, 0.15) is 38.7 Å². The van der Waals surface area contributed by atoms with Gasteiger partial charge in [-0.3, -0.25) is 9.59 Å². The number of benzene rings is 2. The predicted molar refractivity (Wildman–Crippen MR) is 154 cm³/mol. The number of Topliss-reactive ketones (excluding diaryl/α,β-unsaturated/α-hetero) is 1. The topological polar surface area (TPSA) is 89.5 Å². The Morgan fingerprint density at radius 1 is 1.08 bits per heavy atom. The highest BCUT2D eigenvalue weighted by Gasteiger charge is 2.32. The summed E-state index contributed by atoms with van der Waals surface area (Å²) in [7, 11) is -3.91. The molecule has 9 heteroatoms. The number of sulfone groups is 1. The van der Waals surface area contributed by atoms with Gasteiger partial charge < -0.3 is 10.1 Å². The number of thioether (sulfide) groups is 1. The number of hydrogen-bond donors (Lipinski definition) is 1. The highest BCUT2D eigenvalue weighted by Crippen LogP contribution is 2.23. The van der Waals surface area contributed by atoms with Crippen LogP contribution in [0.25, 0.3) is 0 Å². The number of rotatable bonds is 5. The molecule has 2 heterocycles. The monoisotopic (exact) mass is 575 g/mol. The normalized spacial score (nSPS) is 22.3. The lowest BCUT2D eigenvalue weighted by molar-refractivity contribution is -0.131. The molecule has 6 nitrogen and oxygen atoms in total. The lowest BCUT2D eigenvalue weighted by Gasteiger charge is -2.26. The summed E-state index contributed by atoms with van der Waals surface area (Å²) < 4.78 is 45.7. The molecule has 1 N–H and O–H groups in total. The Bertz CT molecular complexity index is 1210. The number of ketones is 1. The van der Waals surface area contributed by atoms with Crippen LogP contribution in [0.2, 0.25) is 0 Å². The van der Waals surface area contributed by atoms with Gasteiger partial charge in [0, 0.05) is 6.42 Å². The molecule has 2 aliphatic rings. The molecule has 0 saturated carbocycles. The molecular weight excluding hydrogens is 537 g/mol. The summed E-state index contributed by atoms with van der Waals surface area (Å²) in [5.74, 6) is -0.373. The molecule has 2 aromatic rings. The van der Waals surface area contributed by atoms with E-state index < -0.39 is 39.3 Å². The molecule has 0 saturated heterocycles. The Morgan fingerprint density at radius 3 is 2.41 bits per heavy atom. The summed E-state index contributed by atoms with van der Waals surface area (Å²) >= 11 is 1.77. The zero-order valence-electron chi connectivity index (χ0n) is 22.6. The summed E-state index contributed by atoms with van der Waals surface area (Å²) in [6.07, 6.45) is 4.09. The van der Waals surface area contributed by atoms with E-state index in [0.717, 1.165) is 42.0 Å². The number of allylic oxidation sites excluding steroid dienone is 1. The maximum absolute atomic E-state index is 13.6. The zero-order valence-corrected chi connectivity index (χ0v) is 24.2. The first-order chi connectivity index (χ1) is 18.6. The van der Waals surface area contributed by atoms with Gasteiger partial charge in [-0.25, -0.2) is 12.8 Å². The van der Waals surface area contributed by atoms with Crippen molar-refractivity contribution in [2.75, 3.05) is 23.9 Å². The molecule has 1 amide bonds. The third-order valence-corrected chi connectivity index (χ3v) is 9.83. The van der Waals surface area contributed by atoms with E-state index in [9.17, 15) is 22.4 Å². The lowest BCUT2D eigenvalue weighted by Crippen LogP contribution is -2.48. The van der Waals surface area contributed by atoms with E-state index in [0.29, 0.717) is 12.4 Å². The third-order valence-electron chi connectivity index (χ3n) is 6.76. The summed E-state index contributed by atoms with van der Waals surface area (Å²) in [4.78, 5) is 26.9. The van der Waals surface area contributed by atoms with Gasteiger partial charge in [0.25, 0.3) is 0 Å². The molecule has 0 fully saturated rings. The van der Waals surface area contributed by atoms with Crippen LogP contribution in [-0.4, -0.2) is 50.0 Å². The second kappa shape index (κ2) is 14.7. The average Bonchev–Trinajstić information content (AvgIpc) is 2.90. The van der Waals surface area contributed by atoms with E-state index in [1.54, 1.807) is 17.8 Å². The molecule has 2 aliphatic heterocycles. The van der Waals surface area contributed by atoms with Gasteiger partial charge in [0.2, 0.25) is 5.91 Å². The van der Waals surface area contributed by atoms with Crippen LogP contribution in [0.3, 0.4) is 0 Å². The number of carbonyl (C=O) groups is 2. The molecule has 0 radical (unpaired) electrons. The molecule has 4 rings (SSSR count). The molecule has 39 heavy (non-hydrogen) atoms. The molecular formula is C30H38FNO5S2. The maximum Gasteiger partial charge on any atom is 0.225 e. The molecule has 0 aromatic heterocycles. The molecule has 0 aliphatic carbocycles. The number of ether oxygens (including phenoxy) is 1. The zero-order chi connectivity index (χ0) is 28.4. The van der Waals surface area contributed by atoms with Crippen molar-refractivity contribution in [1.82, 2.24) is 5.32 Å². The summed E-state index contributed by atoms with van der Waals surface area (Å²) in [5, 5.41) is 2.87. The van der Waals surface area contributed by atoms with Crippen LogP contribution in [0.4, 0.5) is 4.39 Å². The first-order valence-electron chi connectivity index (χ1n) is 13.3. The summed E-state index contributed by atoms with van der Waals surface area (Å²) in [6, 6.07) is 11.1. The van der Waals surface area contributed by atoms with Crippen LogP contribution in [0.5, 0.6) is 5.75 Å². The lowest BCUT2D eigenvalue weighted by atomic mass is 9.92. The van der Waals surface area contributed by atoms with Crippen LogP contribution in [0.15, 0.2) is 66.1 Å². The van der Waals surface area contributed by atoms with E-state index in [4.69, 9.17) is 4.74 Å². The SMILES string of the molecule is C=C[C@@H]1CSCCCCOc2ccc(cc2)C[C@H](CS(=O)(=O)c2ccc(F)cc2)C(=O)N[C@@H](C(C)C)C(=O)C1.